The highest BCUT2D eigenvalue weighted by Gasteiger charge is 2.31. The summed E-state index contributed by atoms with van der Waals surface area (Å²) in [6, 6.07) is 1.25. The molecular formula is C19H35N3O. The number of piperidine rings is 2. The van der Waals surface area contributed by atoms with Gasteiger partial charge in [0.1, 0.15) is 0 Å². The van der Waals surface area contributed by atoms with E-state index in [1.165, 1.54) is 51.7 Å². The van der Waals surface area contributed by atoms with Crippen LogP contribution in [0.2, 0.25) is 0 Å². The standard InChI is InChI=1S/C19H35N3O/c1-15(2)14-21-10-8-18(9-11-21)22-12-6-16(7-13-22)19(23)20-17-4-3-5-17/h15-18H,3-14H2,1-2H3,(H,20,23). The van der Waals surface area contributed by atoms with E-state index in [1.807, 2.05) is 0 Å². The molecule has 0 aromatic heterocycles. The summed E-state index contributed by atoms with van der Waals surface area (Å²) in [5.41, 5.74) is 0. The molecule has 3 fully saturated rings. The van der Waals surface area contributed by atoms with Crippen LogP contribution in [0.15, 0.2) is 0 Å². The molecule has 3 rings (SSSR count). The number of amides is 1. The molecule has 132 valence electrons. The maximum absolute atomic E-state index is 12.3. The molecule has 2 saturated heterocycles. The van der Waals surface area contributed by atoms with Crippen LogP contribution >= 0.6 is 0 Å². The minimum absolute atomic E-state index is 0.271. The van der Waals surface area contributed by atoms with Gasteiger partial charge in [-0.3, -0.25) is 4.79 Å². The highest BCUT2D eigenvalue weighted by Crippen LogP contribution is 2.25. The van der Waals surface area contributed by atoms with Crippen LogP contribution in [0.25, 0.3) is 0 Å². The smallest absolute Gasteiger partial charge is 0.223 e. The molecule has 0 unspecified atom stereocenters. The van der Waals surface area contributed by atoms with Crippen molar-refractivity contribution in [1.29, 1.82) is 0 Å². The number of carbonyl (C=O) groups excluding carboxylic acids is 1. The van der Waals surface area contributed by atoms with Gasteiger partial charge in [0.2, 0.25) is 5.91 Å². The Kier molecular flexibility index (Phi) is 5.97. The van der Waals surface area contributed by atoms with Crippen LogP contribution in [0.4, 0.5) is 0 Å². The van der Waals surface area contributed by atoms with Gasteiger partial charge in [0.05, 0.1) is 0 Å². The van der Waals surface area contributed by atoms with Gasteiger partial charge >= 0.3 is 0 Å². The van der Waals surface area contributed by atoms with Crippen molar-refractivity contribution in [3.8, 4) is 0 Å². The van der Waals surface area contributed by atoms with E-state index in [0.29, 0.717) is 11.9 Å². The fourth-order valence-electron chi connectivity index (χ4n) is 4.38. The van der Waals surface area contributed by atoms with Gasteiger partial charge in [0.15, 0.2) is 0 Å². The lowest BCUT2D eigenvalue weighted by Crippen LogP contribution is -2.50. The molecule has 23 heavy (non-hydrogen) atoms. The lowest BCUT2D eigenvalue weighted by Gasteiger charge is -2.42. The van der Waals surface area contributed by atoms with Crippen molar-refractivity contribution in [2.45, 2.75) is 70.9 Å². The first-order chi connectivity index (χ1) is 11.1. The largest absolute Gasteiger partial charge is 0.353 e. The summed E-state index contributed by atoms with van der Waals surface area (Å²) in [5.74, 6) is 1.38. The van der Waals surface area contributed by atoms with Crippen LogP contribution in [0.5, 0.6) is 0 Å². The van der Waals surface area contributed by atoms with E-state index in [0.717, 1.165) is 37.9 Å². The summed E-state index contributed by atoms with van der Waals surface area (Å²) in [5, 5.41) is 3.24. The molecule has 2 heterocycles. The van der Waals surface area contributed by atoms with Gasteiger partial charge in [-0.15, -0.1) is 0 Å². The van der Waals surface area contributed by atoms with E-state index in [4.69, 9.17) is 0 Å². The first-order valence-corrected chi connectivity index (χ1v) is 9.88. The normalized spacial score (nSPS) is 26.4. The molecule has 4 heteroatoms. The number of hydrogen-bond acceptors (Lipinski definition) is 3. The number of likely N-dealkylation sites (tertiary alicyclic amines) is 2. The average molecular weight is 322 g/mol. The fraction of sp³-hybridized carbons (Fsp3) is 0.947. The van der Waals surface area contributed by atoms with Gasteiger partial charge in [-0.1, -0.05) is 13.8 Å². The van der Waals surface area contributed by atoms with Gasteiger partial charge in [0, 0.05) is 24.5 Å². The maximum Gasteiger partial charge on any atom is 0.223 e. The van der Waals surface area contributed by atoms with E-state index >= 15 is 0 Å². The second-order valence-electron chi connectivity index (χ2n) is 8.37. The Balaban J connectivity index is 1.36. The number of hydrogen-bond donors (Lipinski definition) is 1. The molecule has 0 atom stereocenters. The third kappa shape index (κ3) is 4.69. The van der Waals surface area contributed by atoms with E-state index in [2.05, 4.69) is 29.0 Å². The lowest BCUT2D eigenvalue weighted by atomic mass is 9.89. The quantitative estimate of drug-likeness (QED) is 0.845. The van der Waals surface area contributed by atoms with Crippen molar-refractivity contribution in [3.05, 3.63) is 0 Å². The van der Waals surface area contributed by atoms with E-state index in [9.17, 15) is 4.79 Å². The second kappa shape index (κ2) is 7.98. The average Bonchev–Trinajstić information content (AvgIpc) is 2.51. The van der Waals surface area contributed by atoms with E-state index in [-0.39, 0.29) is 5.92 Å². The maximum atomic E-state index is 12.3. The zero-order chi connectivity index (χ0) is 16.2. The fourth-order valence-corrected chi connectivity index (χ4v) is 4.38. The van der Waals surface area contributed by atoms with Gasteiger partial charge in [-0.05, 0) is 77.0 Å². The molecule has 1 saturated carbocycles. The van der Waals surface area contributed by atoms with Gasteiger partial charge in [-0.25, -0.2) is 0 Å². The number of nitrogens with one attached hydrogen (secondary N) is 1. The van der Waals surface area contributed by atoms with Crippen molar-refractivity contribution in [3.63, 3.8) is 0 Å². The molecule has 1 amide bonds. The highest BCUT2D eigenvalue weighted by atomic mass is 16.2. The Morgan fingerprint density at radius 2 is 1.65 bits per heavy atom. The van der Waals surface area contributed by atoms with Crippen LogP contribution in [-0.4, -0.2) is 60.5 Å². The summed E-state index contributed by atoms with van der Waals surface area (Å²) >= 11 is 0. The van der Waals surface area contributed by atoms with Crippen molar-refractivity contribution < 1.29 is 4.79 Å². The third-order valence-corrected chi connectivity index (χ3v) is 6.05. The van der Waals surface area contributed by atoms with Crippen LogP contribution < -0.4 is 5.32 Å². The third-order valence-electron chi connectivity index (χ3n) is 6.05. The Morgan fingerprint density at radius 3 is 2.17 bits per heavy atom. The van der Waals surface area contributed by atoms with Crippen molar-refractivity contribution >= 4 is 5.91 Å². The monoisotopic (exact) mass is 321 g/mol. The predicted octanol–water partition coefficient (Wildman–Crippen LogP) is 2.49. The molecule has 0 bridgehead atoms. The van der Waals surface area contributed by atoms with E-state index in [1.54, 1.807) is 0 Å². The lowest BCUT2D eigenvalue weighted by molar-refractivity contribution is -0.128. The molecule has 0 radical (unpaired) electrons. The Morgan fingerprint density at radius 1 is 1.00 bits per heavy atom. The Bertz CT molecular complexity index is 378. The molecule has 0 aromatic carbocycles. The van der Waals surface area contributed by atoms with Crippen LogP contribution in [0, 0.1) is 11.8 Å². The predicted molar refractivity (Wildman–Crippen MR) is 94.4 cm³/mol. The summed E-state index contributed by atoms with van der Waals surface area (Å²) in [7, 11) is 0. The Labute approximate surface area is 142 Å². The van der Waals surface area contributed by atoms with Gasteiger partial charge in [0.25, 0.3) is 0 Å². The van der Waals surface area contributed by atoms with Gasteiger partial charge < -0.3 is 15.1 Å². The molecule has 4 nitrogen and oxygen atoms in total. The van der Waals surface area contributed by atoms with E-state index < -0.39 is 0 Å². The van der Waals surface area contributed by atoms with Crippen LogP contribution in [-0.2, 0) is 4.79 Å². The van der Waals surface area contributed by atoms with Crippen molar-refractivity contribution in [2.75, 3.05) is 32.7 Å². The molecule has 3 aliphatic rings. The SMILES string of the molecule is CC(C)CN1CCC(N2CCC(C(=O)NC3CCC3)CC2)CC1. The topological polar surface area (TPSA) is 35.6 Å². The van der Waals surface area contributed by atoms with Crippen molar-refractivity contribution in [2.24, 2.45) is 11.8 Å². The Hall–Kier alpha value is -0.610. The molecule has 0 aromatic rings. The number of nitrogens with zero attached hydrogens (tertiary/aromatic N) is 2. The zero-order valence-electron chi connectivity index (χ0n) is 15.1. The second-order valence-corrected chi connectivity index (χ2v) is 8.37. The van der Waals surface area contributed by atoms with Crippen LogP contribution in [0.1, 0.15) is 58.8 Å². The summed E-state index contributed by atoms with van der Waals surface area (Å²) in [6.07, 6.45) is 8.42. The van der Waals surface area contributed by atoms with Gasteiger partial charge in [-0.2, -0.15) is 0 Å². The first kappa shape index (κ1) is 17.2. The minimum Gasteiger partial charge on any atom is -0.353 e. The summed E-state index contributed by atoms with van der Waals surface area (Å²) in [4.78, 5) is 17.6. The van der Waals surface area contributed by atoms with Crippen LogP contribution in [0.3, 0.4) is 0 Å². The molecule has 1 N–H and O–H groups in total. The number of carbonyl (C=O) groups is 1. The summed E-state index contributed by atoms with van der Waals surface area (Å²) in [6.45, 7) is 10.6. The molecule has 0 spiro atoms. The highest BCUT2D eigenvalue weighted by molar-refractivity contribution is 5.79. The molecule has 1 aliphatic carbocycles. The molecule has 2 aliphatic heterocycles. The molecular weight excluding hydrogens is 286 g/mol. The number of rotatable bonds is 5. The first-order valence-electron chi connectivity index (χ1n) is 9.88. The minimum atomic E-state index is 0.271. The zero-order valence-corrected chi connectivity index (χ0v) is 15.1. The summed E-state index contributed by atoms with van der Waals surface area (Å²) < 4.78 is 0. The van der Waals surface area contributed by atoms with Crippen molar-refractivity contribution in [1.82, 2.24) is 15.1 Å².